The maximum Gasteiger partial charge on any atom is 0.0424 e. The molecule has 0 bridgehead atoms. The minimum atomic E-state index is 0.674. The van der Waals surface area contributed by atoms with Crippen molar-refractivity contribution in [3.05, 3.63) is 33.8 Å². The van der Waals surface area contributed by atoms with Gasteiger partial charge in [-0.1, -0.05) is 23.2 Å². The lowest BCUT2D eigenvalue weighted by Crippen LogP contribution is -2.14. The number of hydrogen-bond acceptors (Lipinski definition) is 1. The maximum absolute atomic E-state index is 5.88. The van der Waals surface area contributed by atoms with Gasteiger partial charge >= 0.3 is 0 Å². The molecule has 3 heteroatoms. The second-order valence-corrected chi connectivity index (χ2v) is 4.00. The van der Waals surface area contributed by atoms with Gasteiger partial charge in [0.25, 0.3) is 0 Å². The van der Waals surface area contributed by atoms with E-state index in [2.05, 4.69) is 17.2 Å². The van der Waals surface area contributed by atoms with Gasteiger partial charge in [-0.25, -0.2) is 0 Å². The first-order valence-electron chi connectivity index (χ1n) is 4.77. The molecular formula is C12H13Cl2N. The Kier molecular flexibility index (Phi) is 5.57. The smallest absolute Gasteiger partial charge is 0.0424 e. The van der Waals surface area contributed by atoms with Gasteiger partial charge in [-0.15, -0.1) is 11.8 Å². The number of halogens is 2. The lowest BCUT2D eigenvalue weighted by Gasteiger charge is -2.04. The maximum atomic E-state index is 5.88. The largest absolute Gasteiger partial charge is 0.312 e. The molecule has 80 valence electrons. The summed E-state index contributed by atoms with van der Waals surface area (Å²) in [5.41, 5.74) is 1.09. The van der Waals surface area contributed by atoms with Gasteiger partial charge in [0.1, 0.15) is 0 Å². The third kappa shape index (κ3) is 5.09. The van der Waals surface area contributed by atoms with Crippen LogP contribution in [0, 0.1) is 11.8 Å². The third-order valence-corrected chi connectivity index (χ3v) is 2.29. The van der Waals surface area contributed by atoms with Crippen molar-refractivity contribution in [1.82, 2.24) is 5.32 Å². The second kappa shape index (κ2) is 6.74. The molecule has 1 aromatic rings. The fourth-order valence-corrected chi connectivity index (χ4v) is 1.79. The van der Waals surface area contributed by atoms with Gasteiger partial charge < -0.3 is 5.32 Å². The van der Waals surface area contributed by atoms with Crippen molar-refractivity contribution >= 4 is 23.2 Å². The summed E-state index contributed by atoms with van der Waals surface area (Å²) < 4.78 is 0. The zero-order chi connectivity index (χ0) is 11.1. The molecule has 0 atom stereocenters. The van der Waals surface area contributed by atoms with Crippen molar-refractivity contribution in [1.29, 1.82) is 0 Å². The molecule has 1 N–H and O–H groups in total. The Morgan fingerprint density at radius 2 is 1.87 bits per heavy atom. The van der Waals surface area contributed by atoms with Gasteiger partial charge in [-0.3, -0.25) is 0 Å². The molecule has 0 saturated heterocycles. The standard InChI is InChI=1S/C12H13Cl2N/c1-2-3-4-5-15-9-10-6-11(13)8-12(14)7-10/h6-8,15H,4-5,9H2,1H3. The first-order chi connectivity index (χ1) is 7.22. The molecule has 0 aromatic heterocycles. The molecule has 0 saturated carbocycles. The molecule has 0 aliphatic rings. The van der Waals surface area contributed by atoms with Gasteiger partial charge in [-0.05, 0) is 30.7 Å². The first kappa shape index (κ1) is 12.4. The topological polar surface area (TPSA) is 12.0 Å². The van der Waals surface area contributed by atoms with E-state index >= 15 is 0 Å². The Morgan fingerprint density at radius 1 is 1.20 bits per heavy atom. The summed E-state index contributed by atoms with van der Waals surface area (Å²) in [7, 11) is 0. The number of hydrogen-bond donors (Lipinski definition) is 1. The van der Waals surface area contributed by atoms with E-state index in [4.69, 9.17) is 23.2 Å². The highest BCUT2D eigenvalue weighted by molar-refractivity contribution is 6.34. The van der Waals surface area contributed by atoms with E-state index in [0.717, 1.165) is 25.1 Å². The average molecular weight is 242 g/mol. The number of nitrogens with one attached hydrogen (secondary N) is 1. The molecule has 0 amide bonds. The van der Waals surface area contributed by atoms with Gasteiger partial charge in [0.2, 0.25) is 0 Å². The molecule has 1 aromatic carbocycles. The van der Waals surface area contributed by atoms with Gasteiger partial charge in [-0.2, -0.15) is 0 Å². The van der Waals surface area contributed by atoms with Crippen molar-refractivity contribution in [3.63, 3.8) is 0 Å². The van der Waals surface area contributed by atoms with Crippen LogP contribution in [0.3, 0.4) is 0 Å². The Hall–Kier alpha value is -0.680. The molecule has 1 nitrogen and oxygen atoms in total. The van der Waals surface area contributed by atoms with Crippen molar-refractivity contribution < 1.29 is 0 Å². The van der Waals surface area contributed by atoms with Crippen LogP contribution in [0.15, 0.2) is 18.2 Å². The van der Waals surface area contributed by atoms with E-state index in [1.54, 1.807) is 6.07 Å². The van der Waals surface area contributed by atoms with E-state index in [9.17, 15) is 0 Å². The van der Waals surface area contributed by atoms with Crippen molar-refractivity contribution in [2.75, 3.05) is 6.54 Å². The zero-order valence-corrected chi connectivity index (χ0v) is 10.1. The average Bonchev–Trinajstić information content (AvgIpc) is 2.16. The quantitative estimate of drug-likeness (QED) is 0.629. The van der Waals surface area contributed by atoms with E-state index < -0.39 is 0 Å². The summed E-state index contributed by atoms with van der Waals surface area (Å²) in [4.78, 5) is 0. The Balaban J connectivity index is 2.39. The van der Waals surface area contributed by atoms with E-state index in [1.165, 1.54) is 0 Å². The van der Waals surface area contributed by atoms with Crippen molar-refractivity contribution in [2.24, 2.45) is 0 Å². The van der Waals surface area contributed by atoms with Gasteiger partial charge in [0.15, 0.2) is 0 Å². The summed E-state index contributed by atoms with van der Waals surface area (Å²) in [5, 5.41) is 4.62. The van der Waals surface area contributed by atoms with Gasteiger partial charge in [0, 0.05) is 29.6 Å². The van der Waals surface area contributed by atoms with Crippen molar-refractivity contribution in [2.45, 2.75) is 19.9 Å². The van der Waals surface area contributed by atoms with Crippen LogP contribution in [0.2, 0.25) is 10.0 Å². The zero-order valence-electron chi connectivity index (χ0n) is 8.61. The minimum Gasteiger partial charge on any atom is -0.312 e. The monoisotopic (exact) mass is 241 g/mol. The fourth-order valence-electron chi connectivity index (χ4n) is 1.22. The van der Waals surface area contributed by atoms with Crippen LogP contribution in [0.5, 0.6) is 0 Å². The second-order valence-electron chi connectivity index (χ2n) is 3.13. The molecular weight excluding hydrogens is 229 g/mol. The van der Waals surface area contributed by atoms with E-state index in [-0.39, 0.29) is 0 Å². The molecule has 0 fully saturated rings. The summed E-state index contributed by atoms with van der Waals surface area (Å²) in [5.74, 6) is 5.85. The summed E-state index contributed by atoms with van der Waals surface area (Å²) >= 11 is 11.8. The lowest BCUT2D eigenvalue weighted by atomic mass is 10.2. The summed E-state index contributed by atoms with van der Waals surface area (Å²) in [6.07, 6.45) is 0.866. The van der Waals surface area contributed by atoms with Crippen LogP contribution >= 0.6 is 23.2 Å². The van der Waals surface area contributed by atoms with Crippen LogP contribution in [-0.4, -0.2) is 6.54 Å². The Labute approximate surface area is 101 Å². The van der Waals surface area contributed by atoms with Gasteiger partial charge in [0.05, 0.1) is 0 Å². The highest BCUT2D eigenvalue weighted by Gasteiger charge is 1.97. The predicted molar refractivity (Wildman–Crippen MR) is 66.2 cm³/mol. The van der Waals surface area contributed by atoms with Crippen LogP contribution in [0.1, 0.15) is 18.9 Å². The van der Waals surface area contributed by atoms with Crippen LogP contribution in [0.25, 0.3) is 0 Å². The molecule has 15 heavy (non-hydrogen) atoms. The predicted octanol–water partition coefficient (Wildman–Crippen LogP) is 3.50. The molecule has 1 rings (SSSR count). The molecule has 0 spiro atoms. The molecule has 0 unspecified atom stereocenters. The van der Waals surface area contributed by atoms with Crippen LogP contribution in [0.4, 0.5) is 0 Å². The normalized spacial score (nSPS) is 9.53. The third-order valence-electron chi connectivity index (χ3n) is 1.86. The fraction of sp³-hybridized carbons (Fsp3) is 0.333. The molecule has 0 heterocycles. The lowest BCUT2D eigenvalue weighted by molar-refractivity contribution is 0.701. The van der Waals surface area contributed by atoms with Crippen LogP contribution in [-0.2, 0) is 6.54 Å². The summed E-state index contributed by atoms with van der Waals surface area (Å²) in [6.45, 7) is 3.49. The highest BCUT2D eigenvalue weighted by Crippen LogP contribution is 2.18. The van der Waals surface area contributed by atoms with E-state index in [0.29, 0.717) is 10.0 Å². The first-order valence-corrected chi connectivity index (χ1v) is 5.53. The molecule has 0 radical (unpaired) electrons. The molecule has 0 aliphatic carbocycles. The Bertz CT molecular complexity index is 357. The minimum absolute atomic E-state index is 0.674. The number of benzene rings is 1. The Morgan fingerprint density at radius 3 is 2.47 bits per heavy atom. The van der Waals surface area contributed by atoms with Crippen molar-refractivity contribution in [3.8, 4) is 11.8 Å². The number of rotatable bonds is 4. The SMILES string of the molecule is CC#CCCNCc1cc(Cl)cc(Cl)c1. The highest BCUT2D eigenvalue weighted by atomic mass is 35.5. The molecule has 0 aliphatic heterocycles. The van der Waals surface area contributed by atoms with Crippen LogP contribution < -0.4 is 5.32 Å². The van der Waals surface area contributed by atoms with E-state index in [1.807, 2.05) is 19.1 Å². The summed E-state index contributed by atoms with van der Waals surface area (Å²) in [6, 6.07) is 5.55.